The smallest absolute Gasteiger partial charge is 0.251 e. The molecule has 3 unspecified atom stereocenters. The Kier molecular flexibility index (Phi) is 4.53. The summed E-state index contributed by atoms with van der Waals surface area (Å²) in [6.45, 7) is 4.48. The van der Waals surface area contributed by atoms with Crippen LogP contribution in [0.1, 0.15) is 43.5 Å². The van der Waals surface area contributed by atoms with Crippen LogP contribution in [0.15, 0.2) is 18.2 Å². The number of hydrogen-bond acceptors (Lipinski definition) is 3. The fourth-order valence-corrected chi connectivity index (χ4v) is 2.91. The number of nitrogens with one attached hydrogen (secondary N) is 1. The van der Waals surface area contributed by atoms with E-state index in [-0.39, 0.29) is 11.9 Å². The van der Waals surface area contributed by atoms with Gasteiger partial charge in [-0.15, -0.1) is 0 Å². The Bertz CT molecular complexity index is 487. The van der Waals surface area contributed by atoms with Gasteiger partial charge in [-0.25, -0.2) is 0 Å². The maximum absolute atomic E-state index is 12.3. The van der Waals surface area contributed by atoms with Crippen LogP contribution in [0.4, 0.5) is 5.69 Å². The number of benzene rings is 1. The van der Waals surface area contributed by atoms with Gasteiger partial charge in [0, 0.05) is 11.6 Å². The van der Waals surface area contributed by atoms with Crippen LogP contribution in [0.3, 0.4) is 0 Å². The molecule has 0 saturated heterocycles. The summed E-state index contributed by atoms with van der Waals surface area (Å²) in [5, 5.41) is 3.14. The first kappa shape index (κ1) is 14.7. The highest BCUT2D eigenvalue weighted by Crippen LogP contribution is 2.30. The number of carbonyl (C=O) groups is 1. The van der Waals surface area contributed by atoms with Gasteiger partial charge in [0.05, 0.1) is 12.8 Å². The summed E-state index contributed by atoms with van der Waals surface area (Å²) in [4.78, 5) is 12.3. The van der Waals surface area contributed by atoms with Crippen LogP contribution in [0.2, 0.25) is 0 Å². The summed E-state index contributed by atoms with van der Waals surface area (Å²) in [6.07, 6.45) is 3.49. The largest absolute Gasteiger partial charge is 0.495 e. The third kappa shape index (κ3) is 3.06. The van der Waals surface area contributed by atoms with Gasteiger partial charge >= 0.3 is 0 Å². The molecule has 1 saturated carbocycles. The number of nitrogen functional groups attached to an aromatic ring is 1. The van der Waals surface area contributed by atoms with Crippen molar-refractivity contribution in [3.05, 3.63) is 23.8 Å². The average molecular weight is 276 g/mol. The zero-order valence-electron chi connectivity index (χ0n) is 12.5. The predicted molar refractivity (Wildman–Crippen MR) is 80.8 cm³/mol. The number of ether oxygens (including phenoxy) is 1. The first-order valence-electron chi connectivity index (χ1n) is 7.27. The molecule has 4 heteroatoms. The normalized spacial score (nSPS) is 26.1. The SMILES string of the molecule is COc1ccc(C(=O)NC2CCCC(C)C2C)cc1N. The van der Waals surface area contributed by atoms with Crippen LogP contribution in [0.25, 0.3) is 0 Å². The van der Waals surface area contributed by atoms with E-state index in [2.05, 4.69) is 19.2 Å². The van der Waals surface area contributed by atoms with Crippen LogP contribution in [0.5, 0.6) is 5.75 Å². The molecule has 1 aliphatic rings. The first-order chi connectivity index (χ1) is 9.52. The summed E-state index contributed by atoms with van der Waals surface area (Å²) >= 11 is 0. The highest BCUT2D eigenvalue weighted by Gasteiger charge is 2.28. The topological polar surface area (TPSA) is 64.3 Å². The standard InChI is InChI=1S/C16H24N2O2/c1-10-5-4-6-14(11(10)2)18-16(19)12-7-8-15(20-3)13(17)9-12/h7-11,14H,4-6,17H2,1-3H3,(H,18,19). The fraction of sp³-hybridized carbons (Fsp3) is 0.562. The van der Waals surface area contributed by atoms with E-state index in [0.29, 0.717) is 28.8 Å². The van der Waals surface area contributed by atoms with E-state index >= 15 is 0 Å². The average Bonchev–Trinajstić information content (AvgIpc) is 2.43. The van der Waals surface area contributed by atoms with Gasteiger partial charge in [-0.3, -0.25) is 4.79 Å². The maximum Gasteiger partial charge on any atom is 0.251 e. The van der Waals surface area contributed by atoms with Gasteiger partial charge in [0.1, 0.15) is 5.75 Å². The second-order valence-corrected chi connectivity index (χ2v) is 5.80. The number of hydrogen-bond donors (Lipinski definition) is 2. The lowest BCUT2D eigenvalue weighted by Crippen LogP contribution is -2.43. The third-order valence-corrected chi connectivity index (χ3v) is 4.52. The second kappa shape index (κ2) is 6.16. The van der Waals surface area contributed by atoms with Crippen molar-refractivity contribution in [2.75, 3.05) is 12.8 Å². The van der Waals surface area contributed by atoms with Gasteiger partial charge in [-0.2, -0.15) is 0 Å². The second-order valence-electron chi connectivity index (χ2n) is 5.80. The molecule has 0 heterocycles. The molecular weight excluding hydrogens is 252 g/mol. The molecular formula is C16H24N2O2. The van der Waals surface area contributed by atoms with E-state index in [4.69, 9.17) is 10.5 Å². The Hall–Kier alpha value is -1.71. The van der Waals surface area contributed by atoms with Crippen LogP contribution in [-0.4, -0.2) is 19.1 Å². The zero-order valence-corrected chi connectivity index (χ0v) is 12.5. The minimum absolute atomic E-state index is 0.0506. The number of nitrogens with two attached hydrogens (primary N) is 1. The number of methoxy groups -OCH3 is 1. The van der Waals surface area contributed by atoms with Gasteiger partial charge < -0.3 is 15.8 Å². The molecule has 0 aromatic heterocycles. The Morgan fingerprint density at radius 3 is 2.75 bits per heavy atom. The molecule has 1 aliphatic carbocycles. The molecule has 1 amide bonds. The van der Waals surface area contributed by atoms with Gasteiger partial charge in [0.25, 0.3) is 5.91 Å². The molecule has 1 fully saturated rings. The number of rotatable bonds is 3. The van der Waals surface area contributed by atoms with Crippen LogP contribution in [0, 0.1) is 11.8 Å². The summed E-state index contributed by atoms with van der Waals surface area (Å²) in [6, 6.07) is 5.42. The minimum atomic E-state index is -0.0506. The summed E-state index contributed by atoms with van der Waals surface area (Å²) in [5.41, 5.74) is 6.93. The highest BCUT2D eigenvalue weighted by molar-refractivity contribution is 5.95. The van der Waals surface area contributed by atoms with Gasteiger partial charge in [-0.05, 0) is 36.5 Å². The monoisotopic (exact) mass is 276 g/mol. The number of anilines is 1. The van der Waals surface area contributed by atoms with E-state index in [0.717, 1.165) is 6.42 Å². The molecule has 110 valence electrons. The van der Waals surface area contributed by atoms with Crippen LogP contribution in [-0.2, 0) is 0 Å². The van der Waals surface area contributed by atoms with E-state index in [1.54, 1.807) is 25.3 Å². The molecule has 3 N–H and O–H groups in total. The van der Waals surface area contributed by atoms with Gasteiger partial charge in [0.15, 0.2) is 0 Å². The molecule has 0 radical (unpaired) electrons. The molecule has 1 aromatic carbocycles. The molecule has 0 bridgehead atoms. The van der Waals surface area contributed by atoms with Crippen LogP contribution >= 0.6 is 0 Å². The lowest BCUT2D eigenvalue weighted by atomic mass is 9.78. The number of carbonyl (C=O) groups excluding carboxylic acids is 1. The van der Waals surface area contributed by atoms with E-state index in [1.807, 2.05) is 0 Å². The van der Waals surface area contributed by atoms with Crippen molar-refractivity contribution in [1.29, 1.82) is 0 Å². The van der Waals surface area contributed by atoms with E-state index < -0.39 is 0 Å². The number of amides is 1. The van der Waals surface area contributed by atoms with Crippen molar-refractivity contribution in [3.8, 4) is 5.75 Å². The Morgan fingerprint density at radius 1 is 1.35 bits per heavy atom. The van der Waals surface area contributed by atoms with Crippen molar-refractivity contribution in [2.45, 2.75) is 39.2 Å². The quantitative estimate of drug-likeness (QED) is 0.834. The van der Waals surface area contributed by atoms with Crippen molar-refractivity contribution in [3.63, 3.8) is 0 Å². The Morgan fingerprint density at radius 2 is 2.10 bits per heavy atom. The van der Waals surface area contributed by atoms with Crippen molar-refractivity contribution in [1.82, 2.24) is 5.32 Å². The molecule has 2 rings (SSSR count). The molecule has 0 aliphatic heterocycles. The lowest BCUT2D eigenvalue weighted by molar-refractivity contribution is 0.0891. The fourth-order valence-electron chi connectivity index (χ4n) is 2.91. The summed E-state index contributed by atoms with van der Waals surface area (Å²) in [5.74, 6) is 1.73. The Balaban J connectivity index is 2.06. The summed E-state index contributed by atoms with van der Waals surface area (Å²) in [7, 11) is 1.57. The third-order valence-electron chi connectivity index (χ3n) is 4.52. The maximum atomic E-state index is 12.3. The van der Waals surface area contributed by atoms with Crippen molar-refractivity contribution < 1.29 is 9.53 Å². The summed E-state index contributed by atoms with van der Waals surface area (Å²) < 4.78 is 5.10. The zero-order chi connectivity index (χ0) is 14.7. The van der Waals surface area contributed by atoms with Gasteiger partial charge in [0.2, 0.25) is 0 Å². The van der Waals surface area contributed by atoms with Crippen molar-refractivity contribution >= 4 is 11.6 Å². The molecule has 1 aromatic rings. The van der Waals surface area contributed by atoms with E-state index in [9.17, 15) is 4.79 Å². The molecule has 0 spiro atoms. The molecule has 4 nitrogen and oxygen atoms in total. The minimum Gasteiger partial charge on any atom is -0.495 e. The lowest BCUT2D eigenvalue weighted by Gasteiger charge is -2.34. The van der Waals surface area contributed by atoms with Crippen molar-refractivity contribution in [2.24, 2.45) is 11.8 Å². The highest BCUT2D eigenvalue weighted by atomic mass is 16.5. The van der Waals surface area contributed by atoms with E-state index in [1.165, 1.54) is 12.8 Å². The molecule has 3 atom stereocenters. The first-order valence-corrected chi connectivity index (χ1v) is 7.27. The predicted octanol–water partition coefficient (Wildman–Crippen LogP) is 2.83. The molecule has 20 heavy (non-hydrogen) atoms. The van der Waals surface area contributed by atoms with Gasteiger partial charge in [-0.1, -0.05) is 26.7 Å². The Labute approximate surface area is 120 Å². The van der Waals surface area contributed by atoms with Crippen LogP contribution < -0.4 is 15.8 Å².